The number of hydrogen-bond acceptors (Lipinski definition) is 7. The Kier molecular flexibility index (Phi) is 6.59. The molecular weight excluding hydrogens is 480 g/mol. The van der Waals surface area contributed by atoms with Crippen molar-refractivity contribution in [1.82, 2.24) is 19.6 Å². The van der Waals surface area contributed by atoms with Gasteiger partial charge in [-0.15, -0.1) is 5.10 Å². The molecule has 1 aromatic carbocycles. The van der Waals surface area contributed by atoms with Crippen molar-refractivity contribution in [2.24, 2.45) is 11.8 Å². The van der Waals surface area contributed by atoms with Gasteiger partial charge in [-0.05, 0) is 63.1 Å². The normalized spacial score (nSPS) is 23.4. The molecule has 1 saturated heterocycles. The largest absolute Gasteiger partial charge is 0.458 e. The molecule has 8 nitrogen and oxygen atoms in total. The zero-order chi connectivity index (χ0) is 25.5. The number of cyclic esters (lactones) is 1. The van der Waals surface area contributed by atoms with Crippen molar-refractivity contribution in [2.75, 3.05) is 0 Å². The van der Waals surface area contributed by atoms with Crippen molar-refractivity contribution in [3.63, 3.8) is 0 Å². The second kappa shape index (κ2) is 9.56. The van der Waals surface area contributed by atoms with Gasteiger partial charge >= 0.3 is 5.97 Å². The van der Waals surface area contributed by atoms with Gasteiger partial charge < -0.3 is 9.84 Å². The molecule has 2 aliphatic rings. The van der Waals surface area contributed by atoms with Crippen LogP contribution in [0.2, 0.25) is 5.02 Å². The smallest absolute Gasteiger partial charge is 0.317 e. The summed E-state index contributed by atoms with van der Waals surface area (Å²) >= 11 is 6.45. The lowest BCUT2D eigenvalue weighted by atomic mass is 9.73. The number of ether oxygens (including phenoxy) is 1. The van der Waals surface area contributed by atoms with Gasteiger partial charge in [0.15, 0.2) is 11.6 Å². The number of carbonyl (C=O) groups is 2. The maximum absolute atomic E-state index is 13.4. The monoisotopic (exact) mass is 510 g/mol. The fourth-order valence-electron chi connectivity index (χ4n) is 5.69. The number of carbonyl (C=O) groups excluding carboxylic acids is 2. The van der Waals surface area contributed by atoms with Crippen molar-refractivity contribution < 1.29 is 19.4 Å². The molecule has 2 fully saturated rings. The van der Waals surface area contributed by atoms with E-state index in [2.05, 4.69) is 15.1 Å². The maximum Gasteiger partial charge on any atom is 0.317 e. The van der Waals surface area contributed by atoms with Gasteiger partial charge in [0, 0.05) is 35.8 Å². The predicted octanol–water partition coefficient (Wildman–Crippen LogP) is 4.24. The van der Waals surface area contributed by atoms with E-state index in [4.69, 9.17) is 16.3 Å². The highest BCUT2D eigenvalue weighted by Gasteiger charge is 2.51. The van der Waals surface area contributed by atoms with Gasteiger partial charge in [-0.25, -0.2) is 9.50 Å². The summed E-state index contributed by atoms with van der Waals surface area (Å²) in [5, 5.41) is 15.2. The lowest BCUT2D eigenvalue weighted by Crippen LogP contribution is -2.52. The van der Waals surface area contributed by atoms with E-state index >= 15 is 0 Å². The van der Waals surface area contributed by atoms with E-state index in [1.54, 1.807) is 32.3 Å². The van der Waals surface area contributed by atoms with Crippen molar-refractivity contribution in [2.45, 2.75) is 76.4 Å². The molecule has 3 heterocycles. The molecule has 9 heteroatoms. The van der Waals surface area contributed by atoms with Crippen molar-refractivity contribution in [3.05, 3.63) is 58.6 Å². The van der Waals surface area contributed by atoms with Crippen LogP contribution in [0.1, 0.15) is 69.3 Å². The highest BCUT2D eigenvalue weighted by atomic mass is 35.5. The Hall–Kier alpha value is -2.84. The standard InChI is InChI=1S/C27H31ClN4O4/c1-26(2,35)20-9-8-17(14-21(20)28)10-11-27(18-6-3-4-7-18)16-22(33)19(24(34)36-27)15-23-30-25-29-12-5-13-32(25)31-23/h5,8-9,12-14,18-19,35H,3-4,6-7,10-11,15-16H2,1-2H3. The number of rotatable bonds is 7. The first-order valence-electron chi connectivity index (χ1n) is 12.6. The molecule has 1 N–H and O–H groups in total. The number of aliphatic hydroxyl groups is 1. The van der Waals surface area contributed by atoms with E-state index in [1.165, 1.54) is 4.52 Å². The second-order valence-electron chi connectivity index (χ2n) is 10.6. The fraction of sp³-hybridized carbons (Fsp3) is 0.519. The van der Waals surface area contributed by atoms with Crippen LogP contribution in [0.4, 0.5) is 0 Å². The van der Waals surface area contributed by atoms with E-state index in [9.17, 15) is 14.7 Å². The molecule has 36 heavy (non-hydrogen) atoms. The molecule has 5 rings (SSSR count). The SMILES string of the molecule is CC(C)(O)c1ccc(CCC2(C3CCCC3)CC(=O)C(Cc3nc4ncccn4n3)C(=O)O2)cc1Cl. The highest BCUT2D eigenvalue weighted by molar-refractivity contribution is 6.31. The van der Waals surface area contributed by atoms with Gasteiger partial charge in [0.05, 0.1) is 5.60 Å². The van der Waals surface area contributed by atoms with Crippen LogP contribution < -0.4 is 0 Å². The Labute approximate surface area is 215 Å². The molecule has 0 amide bonds. The first-order valence-corrected chi connectivity index (χ1v) is 13.0. The fourth-order valence-corrected chi connectivity index (χ4v) is 6.12. The number of fused-ring (bicyclic) bond motifs is 1. The topological polar surface area (TPSA) is 107 Å². The molecular formula is C27H31ClN4O4. The van der Waals surface area contributed by atoms with E-state index in [0.29, 0.717) is 35.0 Å². The number of esters is 1. The van der Waals surface area contributed by atoms with Gasteiger partial charge in [-0.3, -0.25) is 9.59 Å². The van der Waals surface area contributed by atoms with Crippen LogP contribution in [0.25, 0.3) is 5.78 Å². The summed E-state index contributed by atoms with van der Waals surface area (Å²) in [5.41, 5.74) is -0.197. The summed E-state index contributed by atoms with van der Waals surface area (Å²) in [4.78, 5) is 35.1. The third-order valence-electron chi connectivity index (χ3n) is 7.63. The van der Waals surface area contributed by atoms with E-state index < -0.39 is 23.1 Å². The lowest BCUT2D eigenvalue weighted by Gasteiger charge is -2.43. The van der Waals surface area contributed by atoms with Crippen molar-refractivity contribution in [3.8, 4) is 0 Å². The average Bonchev–Trinajstić information content (AvgIpc) is 3.49. The number of aryl methyl sites for hydroxylation is 1. The second-order valence-corrected chi connectivity index (χ2v) is 11.0. The van der Waals surface area contributed by atoms with E-state index in [0.717, 1.165) is 31.2 Å². The Balaban J connectivity index is 1.34. The van der Waals surface area contributed by atoms with Gasteiger partial charge in [0.2, 0.25) is 0 Å². The highest BCUT2D eigenvalue weighted by Crippen LogP contribution is 2.45. The summed E-state index contributed by atoms with van der Waals surface area (Å²) in [5.74, 6) is -0.509. The lowest BCUT2D eigenvalue weighted by molar-refractivity contribution is -0.185. The zero-order valence-corrected chi connectivity index (χ0v) is 21.4. The van der Waals surface area contributed by atoms with E-state index in [-0.39, 0.29) is 24.5 Å². The number of halogens is 1. The Morgan fingerprint density at radius 2 is 2.03 bits per heavy atom. The number of Topliss-reactive ketones (excluding diaryl/α,β-unsaturated/α-hetero) is 1. The molecule has 0 bridgehead atoms. The minimum Gasteiger partial charge on any atom is -0.458 e. The molecule has 1 aliphatic heterocycles. The summed E-state index contributed by atoms with van der Waals surface area (Å²) in [6.45, 7) is 3.40. The molecule has 1 saturated carbocycles. The van der Waals surface area contributed by atoms with Crippen LogP contribution in [0, 0.1) is 11.8 Å². The summed E-state index contributed by atoms with van der Waals surface area (Å²) in [6.07, 6.45) is 8.87. The molecule has 2 atom stereocenters. The van der Waals surface area contributed by atoms with Gasteiger partial charge in [0.1, 0.15) is 11.5 Å². The van der Waals surface area contributed by atoms with Crippen molar-refractivity contribution in [1.29, 1.82) is 0 Å². The zero-order valence-electron chi connectivity index (χ0n) is 20.6. The number of benzene rings is 1. The van der Waals surface area contributed by atoms with Crippen LogP contribution in [-0.2, 0) is 32.8 Å². The molecule has 190 valence electrons. The molecule has 2 aromatic heterocycles. The Morgan fingerprint density at radius 3 is 2.69 bits per heavy atom. The minimum atomic E-state index is -1.03. The number of hydrogen-bond donors (Lipinski definition) is 1. The average molecular weight is 511 g/mol. The molecule has 0 spiro atoms. The molecule has 3 aromatic rings. The summed E-state index contributed by atoms with van der Waals surface area (Å²) in [7, 11) is 0. The van der Waals surface area contributed by atoms with Crippen molar-refractivity contribution >= 4 is 29.1 Å². The third-order valence-corrected chi connectivity index (χ3v) is 7.94. The van der Waals surface area contributed by atoms with Gasteiger partial charge in [-0.1, -0.05) is 36.6 Å². The molecule has 2 unspecified atom stereocenters. The number of aromatic nitrogens is 4. The van der Waals surface area contributed by atoms with Crippen LogP contribution in [0.15, 0.2) is 36.7 Å². The van der Waals surface area contributed by atoms with E-state index in [1.807, 2.05) is 18.2 Å². The van der Waals surface area contributed by atoms with Gasteiger partial charge in [-0.2, -0.15) is 4.98 Å². The maximum atomic E-state index is 13.4. The Bertz CT molecular complexity index is 1240. The van der Waals surface area contributed by atoms with Crippen LogP contribution in [0.3, 0.4) is 0 Å². The first-order chi connectivity index (χ1) is 17.1. The third kappa shape index (κ3) is 4.89. The molecule has 1 aliphatic carbocycles. The van der Waals surface area contributed by atoms with Crippen LogP contribution in [-0.4, -0.2) is 42.0 Å². The minimum absolute atomic E-state index is 0.107. The van der Waals surface area contributed by atoms with Crippen LogP contribution >= 0.6 is 11.6 Å². The predicted molar refractivity (Wildman–Crippen MR) is 133 cm³/mol. The molecule has 0 radical (unpaired) electrons. The summed E-state index contributed by atoms with van der Waals surface area (Å²) in [6, 6.07) is 7.38. The number of nitrogens with zero attached hydrogens (tertiary/aromatic N) is 4. The van der Waals surface area contributed by atoms with Crippen LogP contribution in [0.5, 0.6) is 0 Å². The quantitative estimate of drug-likeness (QED) is 0.374. The Morgan fingerprint density at radius 1 is 1.25 bits per heavy atom. The number of ketones is 1. The first kappa shape index (κ1) is 24.8. The van der Waals surface area contributed by atoms with Gasteiger partial charge in [0.25, 0.3) is 5.78 Å². The summed E-state index contributed by atoms with van der Waals surface area (Å²) < 4.78 is 7.74.